The summed E-state index contributed by atoms with van der Waals surface area (Å²) in [7, 11) is -2.58. The van der Waals surface area contributed by atoms with Crippen molar-refractivity contribution in [3.05, 3.63) is 24.3 Å². The van der Waals surface area contributed by atoms with E-state index in [1.54, 1.807) is 5.32 Å². The Morgan fingerprint density at radius 1 is 1.14 bits per heavy atom. The quantitative estimate of drug-likeness (QED) is 0.690. The molecule has 0 unspecified atom stereocenters. The zero-order chi connectivity index (χ0) is 16.3. The van der Waals surface area contributed by atoms with Gasteiger partial charge in [-0.2, -0.15) is 17.2 Å². The number of carbonyl (C=O) groups excluding carboxylic acids is 1. The summed E-state index contributed by atoms with van der Waals surface area (Å²) < 4.78 is 75.7. The Kier molecular flexibility index (Phi) is 5.12. The lowest BCUT2D eigenvalue weighted by atomic mass is 10.2. The van der Waals surface area contributed by atoms with Crippen LogP contribution in [0.5, 0.6) is 0 Å². The summed E-state index contributed by atoms with van der Waals surface area (Å²) in [6.45, 7) is 0. The van der Waals surface area contributed by atoms with E-state index in [0.29, 0.717) is 0 Å². The molecule has 0 aromatic heterocycles. The van der Waals surface area contributed by atoms with Crippen LogP contribution in [0, 0.1) is 0 Å². The Morgan fingerprint density at radius 3 is 2.05 bits per heavy atom. The molecule has 118 valence electrons. The van der Waals surface area contributed by atoms with Gasteiger partial charge in [0.1, 0.15) is 0 Å². The molecular formula is C10H11F4N3O3S. The number of anilines is 2. The van der Waals surface area contributed by atoms with E-state index in [-0.39, 0.29) is 11.4 Å². The third kappa shape index (κ3) is 4.56. The molecule has 0 spiro atoms. The van der Waals surface area contributed by atoms with Gasteiger partial charge in [-0.1, -0.05) is 0 Å². The summed E-state index contributed by atoms with van der Waals surface area (Å²) in [5.41, 5.74) is -0.101. The molecule has 11 heteroatoms. The van der Waals surface area contributed by atoms with E-state index in [4.69, 9.17) is 0 Å². The minimum Gasteiger partial charge on any atom is -0.321 e. The van der Waals surface area contributed by atoms with Gasteiger partial charge in [0.2, 0.25) is 0 Å². The predicted octanol–water partition coefficient (Wildman–Crippen LogP) is 1.40. The second kappa shape index (κ2) is 6.26. The van der Waals surface area contributed by atoms with Crippen LogP contribution in [0.15, 0.2) is 24.3 Å². The molecular weight excluding hydrogens is 318 g/mol. The monoisotopic (exact) mass is 329 g/mol. The van der Waals surface area contributed by atoms with Gasteiger partial charge in [0.25, 0.3) is 10.2 Å². The molecule has 0 fully saturated rings. The number of hydrogen-bond acceptors (Lipinski definition) is 3. The molecule has 1 aromatic rings. The lowest BCUT2D eigenvalue weighted by molar-refractivity contribution is -0.163. The van der Waals surface area contributed by atoms with Gasteiger partial charge in [-0.15, -0.1) is 0 Å². The molecule has 1 rings (SSSR count). The van der Waals surface area contributed by atoms with Crippen LogP contribution < -0.4 is 14.8 Å². The average molecular weight is 329 g/mol. The van der Waals surface area contributed by atoms with Gasteiger partial charge in [0.15, 0.2) is 0 Å². The third-order valence-electron chi connectivity index (χ3n) is 2.24. The number of nitrogens with one attached hydrogen (secondary N) is 3. The molecule has 0 saturated carbocycles. The highest BCUT2D eigenvalue weighted by molar-refractivity contribution is 7.90. The van der Waals surface area contributed by atoms with E-state index >= 15 is 0 Å². The lowest BCUT2D eigenvalue weighted by Crippen LogP contribution is -2.40. The van der Waals surface area contributed by atoms with Gasteiger partial charge < -0.3 is 5.32 Å². The van der Waals surface area contributed by atoms with Crippen molar-refractivity contribution in [2.75, 3.05) is 17.1 Å². The molecule has 3 N–H and O–H groups in total. The Hall–Kier alpha value is -1.88. The first-order chi connectivity index (χ1) is 9.58. The van der Waals surface area contributed by atoms with Crippen LogP contribution in [0.3, 0.4) is 0 Å². The van der Waals surface area contributed by atoms with Crippen molar-refractivity contribution < 1.29 is 30.8 Å². The number of alkyl halides is 4. The minimum absolute atomic E-state index is 0.0861. The zero-order valence-corrected chi connectivity index (χ0v) is 11.3. The second-order valence-electron chi connectivity index (χ2n) is 3.76. The topological polar surface area (TPSA) is 87.3 Å². The molecule has 0 saturated heterocycles. The van der Waals surface area contributed by atoms with Crippen molar-refractivity contribution in [3.63, 3.8) is 0 Å². The molecule has 0 atom stereocenters. The molecule has 0 radical (unpaired) electrons. The summed E-state index contributed by atoms with van der Waals surface area (Å²) in [6, 6.07) is 4.47. The largest absolute Gasteiger partial charge is 0.383 e. The van der Waals surface area contributed by atoms with E-state index in [0.717, 1.165) is 24.3 Å². The maximum Gasteiger partial charge on any atom is 0.383 e. The van der Waals surface area contributed by atoms with E-state index < -0.39 is 28.5 Å². The van der Waals surface area contributed by atoms with E-state index in [1.807, 2.05) is 4.72 Å². The third-order valence-corrected chi connectivity index (χ3v) is 3.28. The molecule has 0 bridgehead atoms. The van der Waals surface area contributed by atoms with Crippen LogP contribution >= 0.6 is 0 Å². The van der Waals surface area contributed by atoms with Gasteiger partial charge in [-0.25, -0.2) is 13.5 Å². The first-order valence-corrected chi connectivity index (χ1v) is 6.85. The lowest BCUT2D eigenvalue weighted by Gasteiger charge is -2.15. The summed E-state index contributed by atoms with van der Waals surface area (Å²) in [4.78, 5) is 11.0. The van der Waals surface area contributed by atoms with Gasteiger partial charge in [-0.05, 0) is 24.3 Å². The average Bonchev–Trinajstić information content (AvgIpc) is 2.40. The number of rotatable bonds is 6. The number of halogens is 4. The van der Waals surface area contributed by atoms with Crippen molar-refractivity contribution in [2.24, 2.45) is 0 Å². The van der Waals surface area contributed by atoms with Crippen LogP contribution in [0.4, 0.5) is 28.9 Å². The van der Waals surface area contributed by atoms with Crippen molar-refractivity contribution >= 4 is 27.5 Å². The van der Waals surface area contributed by atoms with Gasteiger partial charge in [0.05, 0.1) is 0 Å². The van der Waals surface area contributed by atoms with Crippen molar-refractivity contribution in [1.82, 2.24) is 4.72 Å². The fourth-order valence-electron chi connectivity index (χ4n) is 1.14. The summed E-state index contributed by atoms with van der Waals surface area (Å²) in [5.74, 6) is -6.96. The van der Waals surface area contributed by atoms with E-state index in [2.05, 4.69) is 4.72 Å². The Labute approximate surface area is 117 Å². The second-order valence-corrected chi connectivity index (χ2v) is 5.38. The summed E-state index contributed by atoms with van der Waals surface area (Å²) in [6.07, 6.45) is -4.13. The molecule has 0 aliphatic rings. The smallest absolute Gasteiger partial charge is 0.321 e. The highest BCUT2D eigenvalue weighted by Gasteiger charge is 2.48. The fraction of sp³-hybridized carbons (Fsp3) is 0.300. The number of benzene rings is 1. The van der Waals surface area contributed by atoms with Crippen LogP contribution in [0.1, 0.15) is 0 Å². The van der Waals surface area contributed by atoms with Gasteiger partial charge in [0, 0.05) is 18.4 Å². The Morgan fingerprint density at radius 2 is 1.62 bits per heavy atom. The van der Waals surface area contributed by atoms with Gasteiger partial charge in [-0.3, -0.25) is 9.52 Å². The van der Waals surface area contributed by atoms with Crippen LogP contribution in [-0.2, 0) is 15.0 Å². The summed E-state index contributed by atoms with van der Waals surface area (Å²) in [5, 5.41) is 1.61. The molecule has 1 amide bonds. The highest BCUT2D eigenvalue weighted by Crippen LogP contribution is 2.25. The molecule has 6 nitrogen and oxygen atoms in total. The molecule has 1 aromatic carbocycles. The number of amides is 1. The standard InChI is InChI=1S/C10H11F4N3O3S/c1-15-21(19,20)17-7-4-2-6(3-5-7)16-9(18)10(13,14)8(11)12/h2-5,8,15,17H,1H3,(H,16,18). The number of hydrogen-bond donors (Lipinski definition) is 3. The first kappa shape index (κ1) is 17.2. The minimum atomic E-state index is -4.81. The Balaban J connectivity index is 2.78. The maximum atomic E-state index is 12.7. The molecule has 0 aliphatic heterocycles. The fourth-order valence-corrected chi connectivity index (χ4v) is 1.69. The molecule has 0 heterocycles. The zero-order valence-electron chi connectivity index (χ0n) is 10.5. The SMILES string of the molecule is CNS(=O)(=O)Nc1ccc(NC(=O)C(F)(F)C(F)F)cc1. The number of carbonyl (C=O) groups is 1. The normalized spacial score (nSPS) is 12.3. The van der Waals surface area contributed by atoms with E-state index in [1.165, 1.54) is 7.05 Å². The van der Waals surface area contributed by atoms with Crippen molar-refractivity contribution in [2.45, 2.75) is 12.3 Å². The predicted molar refractivity (Wildman–Crippen MR) is 67.6 cm³/mol. The maximum absolute atomic E-state index is 12.7. The first-order valence-electron chi connectivity index (χ1n) is 5.37. The highest BCUT2D eigenvalue weighted by atomic mass is 32.2. The van der Waals surface area contributed by atoms with Crippen LogP contribution in [-0.4, -0.2) is 33.7 Å². The van der Waals surface area contributed by atoms with Crippen molar-refractivity contribution in [3.8, 4) is 0 Å². The van der Waals surface area contributed by atoms with Crippen molar-refractivity contribution in [1.29, 1.82) is 0 Å². The van der Waals surface area contributed by atoms with E-state index in [9.17, 15) is 30.8 Å². The summed E-state index contributed by atoms with van der Waals surface area (Å²) >= 11 is 0. The van der Waals surface area contributed by atoms with Crippen LogP contribution in [0.2, 0.25) is 0 Å². The van der Waals surface area contributed by atoms with Crippen LogP contribution in [0.25, 0.3) is 0 Å². The van der Waals surface area contributed by atoms with Gasteiger partial charge >= 0.3 is 18.3 Å². The molecule has 21 heavy (non-hydrogen) atoms. The Bertz CT molecular complexity index is 604. The molecule has 0 aliphatic carbocycles.